The Labute approximate surface area is 92.9 Å². The Kier molecular flexibility index (Phi) is 4.15. The van der Waals surface area contributed by atoms with E-state index in [1.807, 2.05) is 6.07 Å². The van der Waals surface area contributed by atoms with Crippen molar-refractivity contribution in [2.75, 3.05) is 21.2 Å². The van der Waals surface area contributed by atoms with Gasteiger partial charge in [0.05, 0.1) is 7.11 Å². The Morgan fingerprint density at radius 3 is 2.47 bits per heavy atom. The first-order chi connectivity index (χ1) is 7.04. The lowest BCUT2D eigenvalue weighted by Gasteiger charge is -2.20. The monoisotopic (exact) mass is 207 g/mol. The summed E-state index contributed by atoms with van der Waals surface area (Å²) in [7, 11) is 5.94. The van der Waals surface area contributed by atoms with Crippen LogP contribution in [0.15, 0.2) is 18.2 Å². The molecule has 0 bridgehead atoms. The fraction of sp³-hybridized carbons (Fsp3) is 0.538. The summed E-state index contributed by atoms with van der Waals surface area (Å²) in [5, 5.41) is 0. The largest absolute Gasteiger partial charge is 0.496 e. The fourth-order valence-corrected chi connectivity index (χ4v) is 1.59. The number of aryl methyl sites for hydroxylation is 1. The van der Waals surface area contributed by atoms with E-state index in [0.29, 0.717) is 6.04 Å². The summed E-state index contributed by atoms with van der Waals surface area (Å²) in [5.41, 5.74) is 2.58. The summed E-state index contributed by atoms with van der Waals surface area (Å²) < 4.78 is 5.24. The molecule has 0 heterocycles. The van der Waals surface area contributed by atoms with E-state index in [-0.39, 0.29) is 0 Å². The molecule has 0 aliphatic carbocycles. The van der Waals surface area contributed by atoms with Crippen LogP contribution in [0.4, 0.5) is 0 Å². The second kappa shape index (κ2) is 5.17. The second-order valence-corrected chi connectivity index (χ2v) is 4.32. The molecule has 0 spiro atoms. The minimum absolute atomic E-state index is 0.567. The Morgan fingerprint density at radius 1 is 1.33 bits per heavy atom. The summed E-state index contributed by atoms with van der Waals surface area (Å²) in [5.74, 6) is 0.969. The lowest BCUT2D eigenvalue weighted by atomic mass is 10.0. The number of methoxy groups -OCH3 is 1. The minimum Gasteiger partial charge on any atom is -0.496 e. The van der Waals surface area contributed by atoms with Crippen molar-refractivity contribution in [3.05, 3.63) is 29.3 Å². The van der Waals surface area contributed by atoms with Gasteiger partial charge in [-0.2, -0.15) is 0 Å². The van der Waals surface area contributed by atoms with E-state index in [0.717, 1.165) is 12.2 Å². The topological polar surface area (TPSA) is 12.5 Å². The molecule has 1 aromatic rings. The minimum atomic E-state index is 0.567. The summed E-state index contributed by atoms with van der Waals surface area (Å²) in [4.78, 5) is 2.24. The molecule has 0 saturated carbocycles. The van der Waals surface area contributed by atoms with Crippen molar-refractivity contribution in [2.45, 2.75) is 26.3 Å². The Hall–Kier alpha value is -1.02. The highest BCUT2D eigenvalue weighted by Gasteiger charge is 2.07. The van der Waals surface area contributed by atoms with Gasteiger partial charge in [-0.1, -0.05) is 12.1 Å². The average molecular weight is 207 g/mol. The van der Waals surface area contributed by atoms with Crippen molar-refractivity contribution < 1.29 is 4.74 Å². The third-order valence-electron chi connectivity index (χ3n) is 2.87. The van der Waals surface area contributed by atoms with Crippen molar-refractivity contribution in [3.8, 4) is 5.75 Å². The van der Waals surface area contributed by atoms with Gasteiger partial charge in [0.25, 0.3) is 0 Å². The molecule has 2 nitrogen and oxygen atoms in total. The maximum atomic E-state index is 5.24. The normalized spacial score (nSPS) is 12.9. The highest BCUT2D eigenvalue weighted by Crippen LogP contribution is 2.19. The molecule has 15 heavy (non-hydrogen) atoms. The molecule has 84 valence electrons. The van der Waals surface area contributed by atoms with Gasteiger partial charge in [-0.05, 0) is 51.6 Å². The molecule has 1 atom stereocenters. The second-order valence-electron chi connectivity index (χ2n) is 4.32. The zero-order chi connectivity index (χ0) is 11.4. The molecule has 0 amide bonds. The molecule has 0 saturated heterocycles. The number of rotatable bonds is 4. The van der Waals surface area contributed by atoms with Gasteiger partial charge in [0.1, 0.15) is 5.75 Å². The lowest BCUT2D eigenvalue weighted by Crippen LogP contribution is -2.26. The third kappa shape index (κ3) is 3.24. The van der Waals surface area contributed by atoms with Crippen LogP contribution in [-0.4, -0.2) is 32.1 Å². The van der Waals surface area contributed by atoms with Gasteiger partial charge in [0, 0.05) is 6.04 Å². The van der Waals surface area contributed by atoms with Gasteiger partial charge < -0.3 is 9.64 Å². The molecule has 0 aliphatic rings. The van der Waals surface area contributed by atoms with Crippen molar-refractivity contribution in [1.29, 1.82) is 0 Å². The zero-order valence-corrected chi connectivity index (χ0v) is 10.4. The van der Waals surface area contributed by atoms with Crippen LogP contribution >= 0.6 is 0 Å². The third-order valence-corrected chi connectivity index (χ3v) is 2.87. The highest BCUT2D eigenvalue weighted by molar-refractivity contribution is 5.36. The van der Waals surface area contributed by atoms with E-state index in [4.69, 9.17) is 4.74 Å². The van der Waals surface area contributed by atoms with Crippen LogP contribution in [0.2, 0.25) is 0 Å². The standard InChI is InChI=1S/C13H21NO/c1-10-8-12(6-7-13(10)15-5)9-11(2)14(3)4/h6-8,11H,9H2,1-5H3. The number of ether oxygens (including phenoxy) is 1. The molecular weight excluding hydrogens is 186 g/mol. The van der Waals surface area contributed by atoms with Crippen LogP contribution in [0, 0.1) is 6.92 Å². The zero-order valence-electron chi connectivity index (χ0n) is 10.4. The van der Waals surface area contributed by atoms with Crippen LogP contribution in [0.25, 0.3) is 0 Å². The number of hydrogen-bond acceptors (Lipinski definition) is 2. The summed E-state index contributed by atoms with van der Waals surface area (Å²) in [6, 6.07) is 6.97. The first kappa shape index (κ1) is 12.1. The summed E-state index contributed by atoms with van der Waals surface area (Å²) in [6.07, 6.45) is 1.08. The first-order valence-corrected chi connectivity index (χ1v) is 5.34. The van der Waals surface area contributed by atoms with Crippen LogP contribution in [0.1, 0.15) is 18.1 Å². The molecule has 1 unspecified atom stereocenters. The smallest absolute Gasteiger partial charge is 0.121 e. The number of likely N-dealkylation sites (N-methyl/N-ethyl adjacent to an activating group) is 1. The Balaban J connectivity index is 2.75. The molecule has 2 heteroatoms. The quantitative estimate of drug-likeness (QED) is 0.752. The fourth-order valence-electron chi connectivity index (χ4n) is 1.59. The molecule has 1 aromatic carbocycles. The molecule has 0 radical (unpaired) electrons. The van der Waals surface area contributed by atoms with Crippen LogP contribution in [0.5, 0.6) is 5.75 Å². The maximum absolute atomic E-state index is 5.24. The van der Waals surface area contributed by atoms with Gasteiger partial charge in [-0.3, -0.25) is 0 Å². The van der Waals surface area contributed by atoms with Gasteiger partial charge in [0.2, 0.25) is 0 Å². The van der Waals surface area contributed by atoms with E-state index >= 15 is 0 Å². The van der Waals surface area contributed by atoms with Crippen molar-refractivity contribution in [3.63, 3.8) is 0 Å². The average Bonchev–Trinajstić information content (AvgIpc) is 2.18. The number of hydrogen-bond donors (Lipinski definition) is 0. The van der Waals surface area contributed by atoms with E-state index in [1.54, 1.807) is 7.11 Å². The van der Waals surface area contributed by atoms with Crippen molar-refractivity contribution in [2.24, 2.45) is 0 Å². The predicted molar refractivity (Wildman–Crippen MR) is 64.6 cm³/mol. The summed E-state index contributed by atoms with van der Waals surface area (Å²) >= 11 is 0. The van der Waals surface area contributed by atoms with Crippen LogP contribution in [-0.2, 0) is 6.42 Å². The van der Waals surface area contributed by atoms with E-state index in [2.05, 4.69) is 45.0 Å². The molecule has 0 aromatic heterocycles. The van der Waals surface area contributed by atoms with E-state index in [1.165, 1.54) is 11.1 Å². The number of nitrogens with zero attached hydrogens (tertiary/aromatic N) is 1. The molecule has 1 rings (SSSR count). The van der Waals surface area contributed by atoms with Gasteiger partial charge >= 0.3 is 0 Å². The molecule has 0 aliphatic heterocycles. The van der Waals surface area contributed by atoms with Crippen LogP contribution in [0.3, 0.4) is 0 Å². The van der Waals surface area contributed by atoms with E-state index < -0.39 is 0 Å². The highest BCUT2D eigenvalue weighted by atomic mass is 16.5. The van der Waals surface area contributed by atoms with Crippen molar-refractivity contribution in [1.82, 2.24) is 4.90 Å². The Morgan fingerprint density at radius 2 is 2.00 bits per heavy atom. The molecule has 0 N–H and O–H groups in total. The van der Waals surface area contributed by atoms with Crippen LogP contribution < -0.4 is 4.74 Å². The van der Waals surface area contributed by atoms with Crippen molar-refractivity contribution >= 4 is 0 Å². The summed E-state index contributed by atoms with van der Waals surface area (Å²) in [6.45, 7) is 4.32. The predicted octanol–water partition coefficient (Wildman–Crippen LogP) is 2.50. The Bertz CT molecular complexity index is 320. The first-order valence-electron chi connectivity index (χ1n) is 5.34. The van der Waals surface area contributed by atoms with Gasteiger partial charge in [-0.25, -0.2) is 0 Å². The van der Waals surface area contributed by atoms with Gasteiger partial charge in [-0.15, -0.1) is 0 Å². The maximum Gasteiger partial charge on any atom is 0.121 e. The van der Waals surface area contributed by atoms with E-state index in [9.17, 15) is 0 Å². The lowest BCUT2D eigenvalue weighted by molar-refractivity contribution is 0.312. The number of benzene rings is 1. The molecule has 0 fully saturated rings. The SMILES string of the molecule is COc1ccc(CC(C)N(C)C)cc1C. The molecular formula is C13H21NO. The van der Waals surface area contributed by atoms with Gasteiger partial charge in [0.15, 0.2) is 0 Å².